The predicted molar refractivity (Wildman–Crippen MR) is 102 cm³/mol. The lowest BCUT2D eigenvalue weighted by molar-refractivity contribution is -0.419. The summed E-state index contributed by atoms with van der Waals surface area (Å²) in [7, 11) is 0. The van der Waals surface area contributed by atoms with E-state index in [9.17, 15) is 14.5 Å². The van der Waals surface area contributed by atoms with Gasteiger partial charge in [-0.05, 0) is 35.8 Å². The first-order chi connectivity index (χ1) is 12.6. The van der Waals surface area contributed by atoms with Gasteiger partial charge in [0.05, 0.1) is 4.92 Å². The third-order valence-electron chi connectivity index (χ3n) is 4.28. The summed E-state index contributed by atoms with van der Waals surface area (Å²) in [6.07, 6.45) is 13.4. The molecule has 1 aliphatic rings. The maximum Gasteiger partial charge on any atom is 0.265 e. The van der Waals surface area contributed by atoms with E-state index in [0.29, 0.717) is 6.42 Å². The monoisotopic (exact) mass is 347 g/mol. The Bertz CT molecular complexity index is 895. The van der Waals surface area contributed by atoms with Crippen molar-refractivity contribution < 1.29 is 9.31 Å². The molecule has 0 bridgehead atoms. The maximum absolute atomic E-state index is 13.1. The molecule has 0 radical (unpaired) electrons. The molecule has 2 aromatic rings. The van der Waals surface area contributed by atoms with Gasteiger partial charge in [0, 0.05) is 11.5 Å². The van der Waals surface area contributed by atoms with E-state index in [4.69, 9.17) is 0 Å². The van der Waals surface area contributed by atoms with Crippen molar-refractivity contribution >= 4 is 12.2 Å². The van der Waals surface area contributed by atoms with E-state index in [-0.39, 0.29) is 16.4 Å². The molecule has 0 saturated carbocycles. The largest absolute Gasteiger partial charge is 0.265 e. The van der Waals surface area contributed by atoms with Crippen LogP contribution in [0.4, 0.5) is 4.39 Å². The summed E-state index contributed by atoms with van der Waals surface area (Å²) in [5.74, 6) is -0.281. The van der Waals surface area contributed by atoms with E-state index in [1.807, 2.05) is 60.7 Å². The van der Waals surface area contributed by atoms with Crippen LogP contribution in [0.2, 0.25) is 0 Å². The second-order valence-corrected chi connectivity index (χ2v) is 6.16. The minimum atomic E-state index is -0.469. The van der Waals surface area contributed by atoms with Crippen LogP contribution >= 0.6 is 0 Å². The molecule has 0 fully saturated rings. The van der Waals surface area contributed by atoms with Gasteiger partial charge in [-0.1, -0.05) is 72.8 Å². The average Bonchev–Trinajstić information content (AvgIpc) is 2.67. The molecular weight excluding hydrogens is 329 g/mol. The zero-order valence-corrected chi connectivity index (χ0v) is 14.1. The number of nitrogens with zero attached hydrogens (tertiary/aromatic N) is 1. The van der Waals surface area contributed by atoms with Crippen molar-refractivity contribution in [3.63, 3.8) is 0 Å². The molecule has 3 rings (SSSR count). The van der Waals surface area contributed by atoms with Crippen LogP contribution in [0.1, 0.15) is 17.5 Å². The fourth-order valence-electron chi connectivity index (χ4n) is 2.74. The Labute approximate surface area is 151 Å². The summed E-state index contributed by atoms with van der Waals surface area (Å²) in [5, 5.41) is 11.0. The van der Waals surface area contributed by atoms with Crippen molar-refractivity contribution in [1.82, 2.24) is 0 Å². The number of nitro groups is 1. The van der Waals surface area contributed by atoms with Gasteiger partial charge in [0.2, 0.25) is 0 Å². The Morgan fingerprint density at radius 3 is 2.12 bits per heavy atom. The number of halogens is 1. The molecule has 4 heteroatoms. The van der Waals surface area contributed by atoms with Crippen LogP contribution < -0.4 is 0 Å². The summed E-state index contributed by atoms with van der Waals surface area (Å²) in [5.41, 5.74) is 1.56. The molecule has 0 aliphatic heterocycles. The van der Waals surface area contributed by atoms with Crippen molar-refractivity contribution in [2.45, 2.75) is 6.42 Å². The molecule has 2 aromatic carbocycles. The van der Waals surface area contributed by atoms with Gasteiger partial charge < -0.3 is 0 Å². The second kappa shape index (κ2) is 7.74. The average molecular weight is 347 g/mol. The topological polar surface area (TPSA) is 43.1 Å². The third-order valence-corrected chi connectivity index (χ3v) is 4.28. The molecule has 26 heavy (non-hydrogen) atoms. The first-order valence-corrected chi connectivity index (χ1v) is 8.29. The van der Waals surface area contributed by atoms with Gasteiger partial charge in [0.25, 0.3) is 5.70 Å². The SMILES string of the molecule is O=[N+]([O-])C1=CCC(C=Cc2ccccc2)(C=Cc2ccc(F)cc2)C=C1. The summed E-state index contributed by atoms with van der Waals surface area (Å²) in [6.45, 7) is 0. The van der Waals surface area contributed by atoms with Crippen molar-refractivity contribution in [3.05, 3.63) is 118 Å². The molecule has 0 saturated heterocycles. The van der Waals surface area contributed by atoms with Gasteiger partial charge in [0.15, 0.2) is 0 Å². The Hall–Kier alpha value is -3.27. The van der Waals surface area contributed by atoms with Crippen molar-refractivity contribution in [3.8, 4) is 0 Å². The van der Waals surface area contributed by atoms with Gasteiger partial charge in [0.1, 0.15) is 5.82 Å². The first-order valence-electron chi connectivity index (χ1n) is 8.29. The summed E-state index contributed by atoms with van der Waals surface area (Å²) < 4.78 is 13.1. The number of rotatable bonds is 5. The number of allylic oxidation sites excluding steroid dienone is 5. The summed E-state index contributed by atoms with van der Waals surface area (Å²) in [4.78, 5) is 10.6. The van der Waals surface area contributed by atoms with Crippen LogP contribution in [0.3, 0.4) is 0 Å². The highest BCUT2D eigenvalue weighted by molar-refractivity contribution is 5.56. The lowest BCUT2D eigenvalue weighted by Gasteiger charge is -2.24. The molecule has 130 valence electrons. The highest BCUT2D eigenvalue weighted by Gasteiger charge is 2.25. The minimum Gasteiger partial charge on any atom is -0.258 e. The van der Waals surface area contributed by atoms with Crippen LogP contribution in [-0.2, 0) is 0 Å². The quantitative estimate of drug-likeness (QED) is 0.517. The van der Waals surface area contributed by atoms with Crippen LogP contribution in [0.15, 0.2) is 90.7 Å². The van der Waals surface area contributed by atoms with E-state index in [0.717, 1.165) is 11.1 Å². The van der Waals surface area contributed by atoms with Gasteiger partial charge >= 0.3 is 0 Å². The Morgan fingerprint density at radius 2 is 1.58 bits per heavy atom. The summed E-state index contributed by atoms with van der Waals surface area (Å²) in [6, 6.07) is 16.1. The molecule has 1 unspecified atom stereocenters. The van der Waals surface area contributed by atoms with Gasteiger partial charge in [-0.15, -0.1) is 0 Å². The smallest absolute Gasteiger partial charge is 0.258 e. The van der Waals surface area contributed by atoms with Gasteiger partial charge in [-0.2, -0.15) is 0 Å². The lowest BCUT2D eigenvalue weighted by atomic mass is 9.79. The highest BCUT2D eigenvalue weighted by atomic mass is 19.1. The highest BCUT2D eigenvalue weighted by Crippen LogP contribution is 2.34. The first kappa shape index (κ1) is 17.5. The fraction of sp³-hybridized carbons (Fsp3) is 0.0909. The Morgan fingerprint density at radius 1 is 0.962 bits per heavy atom. The van der Waals surface area contributed by atoms with E-state index in [1.54, 1.807) is 18.2 Å². The molecule has 3 nitrogen and oxygen atoms in total. The standard InChI is InChI=1S/C22H18FNO2/c23-20-8-6-19(7-9-20)11-15-22(14-10-18-4-2-1-3-5-18)16-12-21(13-17-22)24(25)26/h1-16H,17H2. The van der Waals surface area contributed by atoms with Crippen molar-refractivity contribution in [2.75, 3.05) is 0 Å². The van der Waals surface area contributed by atoms with Crippen molar-refractivity contribution in [2.24, 2.45) is 5.41 Å². The number of hydrogen-bond acceptors (Lipinski definition) is 2. The zero-order chi connectivity index (χ0) is 18.4. The second-order valence-electron chi connectivity index (χ2n) is 6.16. The van der Waals surface area contributed by atoms with Crippen LogP contribution in [-0.4, -0.2) is 4.92 Å². The van der Waals surface area contributed by atoms with E-state index >= 15 is 0 Å². The van der Waals surface area contributed by atoms with E-state index in [2.05, 4.69) is 0 Å². The molecule has 0 N–H and O–H groups in total. The molecule has 0 spiro atoms. The Kier molecular flexibility index (Phi) is 5.23. The van der Waals surface area contributed by atoms with Crippen LogP contribution in [0, 0.1) is 21.3 Å². The zero-order valence-electron chi connectivity index (χ0n) is 14.1. The minimum absolute atomic E-state index is 0.101. The molecule has 1 aliphatic carbocycles. The van der Waals surface area contributed by atoms with Crippen LogP contribution in [0.5, 0.6) is 0 Å². The lowest BCUT2D eigenvalue weighted by Crippen LogP contribution is -2.15. The number of hydrogen-bond donors (Lipinski definition) is 0. The normalized spacial score (nSPS) is 19.8. The number of benzene rings is 2. The molecule has 0 heterocycles. The van der Waals surface area contributed by atoms with E-state index in [1.165, 1.54) is 18.2 Å². The molecule has 0 amide bonds. The summed E-state index contributed by atoms with van der Waals surface area (Å²) >= 11 is 0. The van der Waals surface area contributed by atoms with Crippen molar-refractivity contribution in [1.29, 1.82) is 0 Å². The van der Waals surface area contributed by atoms with Crippen LogP contribution in [0.25, 0.3) is 12.2 Å². The van der Waals surface area contributed by atoms with E-state index < -0.39 is 5.41 Å². The molecule has 1 atom stereocenters. The maximum atomic E-state index is 13.1. The molecule has 0 aromatic heterocycles. The fourth-order valence-corrected chi connectivity index (χ4v) is 2.74. The Balaban J connectivity index is 1.89. The third kappa shape index (κ3) is 4.42. The predicted octanol–water partition coefficient (Wildman–Crippen LogP) is 5.66. The van der Waals surface area contributed by atoms with Gasteiger partial charge in [-0.3, -0.25) is 10.1 Å². The molecular formula is C22H18FNO2. The van der Waals surface area contributed by atoms with Gasteiger partial charge in [-0.25, -0.2) is 4.39 Å².